The van der Waals surface area contributed by atoms with E-state index in [1.165, 1.54) is 16.7 Å². The van der Waals surface area contributed by atoms with Crippen molar-refractivity contribution in [1.82, 2.24) is 10.6 Å². The van der Waals surface area contributed by atoms with Crippen LogP contribution in [0, 0.1) is 0 Å². The van der Waals surface area contributed by atoms with Crippen LogP contribution in [0.1, 0.15) is 28.2 Å². The molecule has 0 spiro atoms. The van der Waals surface area contributed by atoms with Crippen molar-refractivity contribution in [2.75, 3.05) is 20.2 Å². The lowest BCUT2D eigenvalue weighted by molar-refractivity contribution is 0.124. The maximum atomic E-state index is 11.3. The van der Waals surface area contributed by atoms with Crippen LogP contribution >= 0.6 is 0 Å². The zero-order chi connectivity index (χ0) is 25.0. The van der Waals surface area contributed by atoms with Crippen molar-refractivity contribution < 1.29 is 9.84 Å². The average molecular weight is 481 g/mol. The Morgan fingerprint density at radius 1 is 0.694 bits per heavy atom. The fourth-order valence-corrected chi connectivity index (χ4v) is 4.63. The summed E-state index contributed by atoms with van der Waals surface area (Å²) in [6.45, 7) is 1.84. The van der Waals surface area contributed by atoms with E-state index in [4.69, 9.17) is 4.74 Å². The Morgan fingerprint density at radius 3 is 1.86 bits per heavy atom. The van der Waals surface area contributed by atoms with Crippen LogP contribution in [0.15, 0.2) is 115 Å². The summed E-state index contributed by atoms with van der Waals surface area (Å²) >= 11 is 0. The molecule has 0 aliphatic rings. The summed E-state index contributed by atoms with van der Waals surface area (Å²) in [7, 11) is 1.68. The first-order valence-electron chi connectivity index (χ1n) is 12.6. The van der Waals surface area contributed by atoms with Gasteiger partial charge in [-0.25, -0.2) is 0 Å². The highest BCUT2D eigenvalue weighted by Gasteiger charge is 2.22. The lowest BCUT2D eigenvalue weighted by Crippen LogP contribution is -2.47. The second-order valence-electron chi connectivity index (χ2n) is 9.09. The Labute approximate surface area is 215 Å². The predicted molar refractivity (Wildman–Crippen MR) is 147 cm³/mol. The fraction of sp³-hybridized carbons (Fsp3) is 0.250. The first-order valence-corrected chi connectivity index (χ1v) is 12.6. The molecule has 4 rings (SSSR count). The van der Waals surface area contributed by atoms with Crippen LogP contribution in [0.2, 0.25) is 0 Å². The summed E-state index contributed by atoms with van der Waals surface area (Å²) in [6.07, 6.45) is 0.182. The molecular weight excluding hydrogens is 444 g/mol. The molecule has 4 aromatic carbocycles. The maximum absolute atomic E-state index is 11.3. The van der Waals surface area contributed by atoms with Crippen LogP contribution in [0.25, 0.3) is 0 Å². The summed E-state index contributed by atoms with van der Waals surface area (Å²) in [4.78, 5) is 0. The molecule has 0 saturated heterocycles. The Kier molecular flexibility index (Phi) is 9.69. The van der Waals surface area contributed by atoms with Gasteiger partial charge in [0.2, 0.25) is 0 Å². The molecule has 0 aliphatic heterocycles. The van der Waals surface area contributed by atoms with E-state index in [2.05, 4.69) is 83.4 Å². The Hall–Kier alpha value is -3.44. The third-order valence-corrected chi connectivity index (χ3v) is 6.61. The Bertz CT molecular complexity index is 1110. The van der Waals surface area contributed by atoms with E-state index in [9.17, 15) is 5.11 Å². The molecule has 0 amide bonds. The molecule has 3 N–H and O–H groups in total. The van der Waals surface area contributed by atoms with Crippen molar-refractivity contribution in [1.29, 1.82) is 0 Å². The van der Waals surface area contributed by atoms with Gasteiger partial charge in [-0.3, -0.25) is 0 Å². The molecule has 0 saturated carbocycles. The molecule has 2 atom stereocenters. The van der Waals surface area contributed by atoms with E-state index in [-0.39, 0.29) is 12.0 Å². The van der Waals surface area contributed by atoms with E-state index in [0.29, 0.717) is 13.1 Å². The molecule has 36 heavy (non-hydrogen) atoms. The van der Waals surface area contributed by atoms with E-state index < -0.39 is 6.10 Å². The van der Waals surface area contributed by atoms with Gasteiger partial charge < -0.3 is 20.5 Å². The molecule has 4 heteroatoms. The lowest BCUT2D eigenvalue weighted by Gasteiger charge is -2.28. The zero-order valence-electron chi connectivity index (χ0n) is 20.9. The molecule has 186 valence electrons. The van der Waals surface area contributed by atoms with E-state index in [1.54, 1.807) is 7.11 Å². The van der Waals surface area contributed by atoms with Crippen LogP contribution in [-0.2, 0) is 13.0 Å². The van der Waals surface area contributed by atoms with Gasteiger partial charge in [0.05, 0.1) is 13.2 Å². The second kappa shape index (κ2) is 13.6. The number of benzene rings is 4. The first kappa shape index (κ1) is 25.6. The highest BCUT2D eigenvalue weighted by Crippen LogP contribution is 2.24. The van der Waals surface area contributed by atoms with Crippen LogP contribution in [0.4, 0.5) is 0 Å². The number of ether oxygens (including phenoxy) is 1. The van der Waals surface area contributed by atoms with Crippen LogP contribution in [-0.4, -0.2) is 37.5 Å². The minimum atomic E-state index is -0.563. The van der Waals surface area contributed by atoms with Gasteiger partial charge in [0.15, 0.2) is 0 Å². The van der Waals surface area contributed by atoms with Gasteiger partial charge in [0.1, 0.15) is 5.75 Å². The number of aliphatic hydroxyl groups excluding tert-OH is 1. The standard InChI is InChI=1S/C32H36N2O2/c1-36-32-20-12-11-19-28(32)22-33-24-31(35)30(21-25-13-5-2-6-14-25)34-23-29(26-15-7-3-8-16-26)27-17-9-4-10-18-27/h2-20,29-31,33-35H,21-24H2,1H3/t30-,31-/m0/s1. The molecule has 0 bridgehead atoms. The molecule has 0 unspecified atom stereocenters. The summed E-state index contributed by atoms with van der Waals surface area (Å²) in [5, 5.41) is 18.4. The van der Waals surface area contributed by atoms with E-state index >= 15 is 0 Å². The van der Waals surface area contributed by atoms with Crippen LogP contribution in [0.3, 0.4) is 0 Å². The van der Waals surface area contributed by atoms with Gasteiger partial charge in [-0.15, -0.1) is 0 Å². The smallest absolute Gasteiger partial charge is 0.123 e. The number of hydrogen-bond donors (Lipinski definition) is 3. The highest BCUT2D eigenvalue weighted by molar-refractivity contribution is 5.34. The van der Waals surface area contributed by atoms with Crippen molar-refractivity contribution >= 4 is 0 Å². The normalized spacial score (nSPS) is 12.9. The molecule has 0 fully saturated rings. The molecule has 0 aliphatic carbocycles. The summed E-state index contributed by atoms with van der Waals surface area (Å²) in [5.74, 6) is 1.05. The monoisotopic (exact) mass is 480 g/mol. The molecule has 4 aromatic rings. The Morgan fingerprint density at radius 2 is 1.25 bits per heavy atom. The van der Waals surface area contributed by atoms with Gasteiger partial charge >= 0.3 is 0 Å². The summed E-state index contributed by atoms with van der Waals surface area (Å²) < 4.78 is 5.46. The van der Waals surface area contributed by atoms with Gasteiger partial charge in [0.25, 0.3) is 0 Å². The quantitative estimate of drug-likeness (QED) is 0.247. The fourth-order valence-electron chi connectivity index (χ4n) is 4.63. The third-order valence-electron chi connectivity index (χ3n) is 6.61. The predicted octanol–water partition coefficient (Wildman–Crippen LogP) is 5.18. The van der Waals surface area contributed by atoms with Crippen LogP contribution in [0.5, 0.6) is 5.75 Å². The Balaban J connectivity index is 1.46. The number of nitrogens with one attached hydrogen (secondary N) is 2. The third kappa shape index (κ3) is 7.28. The molecule has 0 radical (unpaired) electrons. The second-order valence-corrected chi connectivity index (χ2v) is 9.09. The van der Waals surface area contributed by atoms with Gasteiger partial charge in [0, 0.05) is 37.2 Å². The number of para-hydroxylation sites is 1. The summed E-state index contributed by atoms with van der Waals surface area (Å²) in [6, 6.07) is 39.4. The largest absolute Gasteiger partial charge is 0.496 e. The molecular formula is C32H36N2O2. The van der Waals surface area contributed by atoms with Crippen molar-refractivity contribution in [3.05, 3.63) is 138 Å². The summed E-state index contributed by atoms with van der Waals surface area (Å²) in [5.41, 5.74) is 4.81. The van der Waals surface area contributed by atoms with Gasteiger partial charge in [-0.1, -0.05) is 109 Å². The van der Waals surface area contributed by atoms with E-state index in [0.717, 1.165) is 24.3 Å². The SMILES string of the molecule is COc1ccccc1CNC[C@H](O)[C@H](Cc1ccccc1)NCC(c1ccccc1)c1ccccc1. The zero-order valence-corrected chi connectivity index (χ0v) is 20.9. The number of hydrogen-bond acceptors (Lipinski definition) is 4. The lowest BCUT2D eigenvalue weighted by atomic mass is 9.90. The number of aliphatic hydroxyl groups is 1. The van der Waals surface area contributed by atoms with Crippen molar-refractivity contribution in [2.45, 2.75) is 31.0 Å². The van der Waals surface area contributed by atoms with Crippen molar-refractivity contribution in [3.63, 3.8) is 0 Å². The van der Waals surface area contributed by atoms with Gasteiger partial charge in [-0.05, 0) is 29.2 Å². The topological polar surface area (TPSA) is 53.5 Å². The van der Waals surface area contributed by atoms with E-state index in [1.807, 2.05) is 42.5 Å². The minimum Gasteiger partial charge on any atom is -0.496 e. The van der Waals surface area contributed by atoms with Crippen molar-refractivity contribution in [3.8, 4) is 5.75 Å². The average Bonchev–Trinajstić information content (AvgIpc) is 2.94. The van der Waals surface area contributed by atoms with Crippen molar-refractivity contribution in [2.24, 2.45) is 0 Å². The highest BCUT2D eigenvalue weighted by atomic mass is 16.5. The number of rotatable bonds is 13. The molecule has 4 nitrogen and oxygen atoms in total. The minimum absolute atomic E-state index is 0.104. The number of methoxy groups -OCH3 is 1. The molecule has 0 heterocycles. The first-order chi connectivity index (χ1) is 17.7. The van der Waals surface area contributed by atoms with Crippen LogP contribution < -0.4 is 15.4 Å². The molecule has 0 aromatic heterocycles. The maximum Gasteiger partial charge on any atom is 0.123 e. The van der Waals surface area contributed by atoms with Gasteiger partial charge in [-0.2, -0.15) is 0 Å².